The Morgan fingerprint density at radius 3 is 2.68 bits per heavy atom. The lowest BCUT2D eigenvalue weighted by atomic mass is 10.2. The molecule has 3 nitrogen and oxygen atoms in total. The van der Waals surface area contributed by atoms with Gasteiger partial charge in [0.25, 0.3) is 0 Å². The molecule has 0 spiro atoms. The maximum atomic E-state index is 4.57. The molecule has 0 aliphatic carbocycles. The van der Waals surface area contributed by atoms with Gasteiger partial charge in [-0.25, -0.2) is 9.97 Å². The van der Waals surface area contributed by atoms with Gasteiger partial charge in [0.05, 0.1) is 0 Å². The lowest BCUT2D eigenvalue weighted by Crippen LogP contribution is -2.03. The van der Waals surface area contributed by atoms with Crippen molar-refractivity contribution >= 4 is 17.6 Å². The van der Waals surface area contributed by atoms with Crippen molar-refractivity contribution in [3.05, 3.63) is 41.7 Å². The van der Waals surface area contributed by atoms with Gasteiger partial charge in [0.2, 0.25) is 0 Å². The minimum atomic E-state index is 0.848. The number of aryl methyl sites for hydroxylation is 2. The zero-order valence-electron chi connectivity index (χ0n) is 11.6. The van der Waals surface area contributed by atoms with E-state index in [1.165, 1.54) is 10.5 Å². The Bertz CT molecular complexity index is 555. The number of nitrogens with zero attached hydrogens (tertiary/aromatic N) is 2. The Morgan fingerprint density at radius 2 is 2.00 bits per heavy atom. The van der Waals surface area contributed by atoms with E-state index in [1.807, 2.05) is 6.07 Å². The second-order valence-corrected chi connectivity index (χ2v) is 5.40. The fourth-order valence-corrected chi connectivity index (χ4v) is 2.71. The van der Waals surface area contributed by atoms with Crippen LogP contribution in [-0.4, -0.2) is 16.5 Å². The Balaban J connectivity index is 2.26. The first kappa shape index (κ1) is 13.9. The zero-order valence-corrected chi connectivity index (χ0v) is 12.4. The summed E-state index contributed by atoms with van der Waals surface area (Å²) in [6.07, 6.45) is 0.848. The standard InChI is InChI=1S/C15H19N3S/c1-4-13-17-14(16-5-2)10-15(18-13)19-12-8-6-7-11(3)9-12/h6-10H,4-5H2,1-3H3,(H,16,17,18). The van der Waals surface area contributed by atoms with Gasteiger partial charge in [0, 0.05) is 23.9 Å². The molecule has 0 amide bonds. The second kappa shape index (κ2) is 6.57. The maximum Gasteiger partial charge on any atom is 0.131 e. The first-order valence-corrected chi connectivity index (χ1v) is 7.39. The SMILES string of the molecule is CCNc1cc(Sc2cccc(C)c2)nc(CC)n1. The van der Waals surface area contributed by atoms with Gasteiger partial charge in [-0.05, 0) is 26.0 Å². The fraction of sp³-hybridized carbons (Fsp3) is 0.333. The molecule has 0 bridgehead atoms. The number of hydrogen-bond donors (Lipinski definition) is 1. The normalized spacial score (nSPS) is 10.5. The molecule has 0 aliphatic rings. The predicted octanol–water partition coefficient (Wildman–Crippen LogP) is 3.93. The Morgan fingerprint density at radius 1 is 1.16 bits per heavy atom. The second-order valence-electron chi connectivity index (χ2n) is 4.31. The molecule has 2 rings (SSSR count). The molecule has 19 heavy (non-hydrogen) atoms. The van der Waals surface area contributed by atoms with Crippen LogP contribution < -0.4 is 5.32 Å². The highest BCUT2D eigenvalue weighted by Gasteiger charge is 2.05. The highest BCUT2D eigenvalue weighted by molar-refractivity contribution is 7.99. The van der Waals surface area contributed by atoms with Crippen molar-refractivity contribution in [3.63, 3.8) is 0 Å². The summed E-state index contributed by atoms with van der Waals surface area (Å²) >= 11 is 1.68. The van der Waals surface area contributed by atoms with Crippen molar-refractivity contribution in [2.24, 2.45) is 0 Å². The smallest absolute Gasteiger partial charge is 0.131 e. The third-order valence-corrected chi connectivity index (χ3v) is 3.54. The third kappa shape index (κ3) is 3.96. The number of rotatable bonds is 5. The molecule has 1 N–H and O–H groups in total. The summed E-state index contributed by atoms with van der Waals surface area (Å²) in [5.74, 6) is 1.79. The molecule has 1 aromatic carbocycles. The van der Waals surface area contributed by atoms with E-state index in [1.54, 1.807) is 11.8 Å². The first-order chi connectivity index (χ1) is 9.21. The highest BCUT2D eigenvalue weighted by Crippen LogP contribution is 2.28. The molecule has 100 valence electrons. The van der Waals surface area contributed by atoms with Crippen molar-refractivity contribution in [1.29, 1.82) is 0 Å². The summed E-state index contributed by atoms with van der Waals surface area (Å²) in [4.78, 5) is 10.2. The lowest BCUT2D eigenvalue weighted by molar-refractivity contribution is 0.887. The van der Waals surface area contributed by atoms with E-state index in [0.29, 0.717) is 0 Å². The third-order valence-electron chi connectivity index (χ3n) is 2.64. The van der Waals surface area contributed by atoms with Crippen LogP contribution in [0.25, 0.3) is 0 Å². The van der Waals surface area contributed by atoms with Crippen LogP contribution in [0.4, 0.5) is 5.82 Å². The number of benzene rings is 1. The summed E-state index contributed by atoms with van der Waals surface area (Å²) in [7, 11) is 0. The van der Waals surface area contributed by atoms with Gasteiger partial charge in [-0.1, -0.05) is 36.4 Å². The molecule has 0 aliphatic heterocycles. The van der Waals surface area contributed by atoms with Crippen molar-refractivity contribution in [2.75, 3.05) is 11.9 Å². The van der Waals surface area contributed by atoms with Crippen LogP contribution in [0, 0.1) is 6.92 Å². The number of nitrogens with one attached hydrogen (secondary N) is 1. The highest BCUT2D eigenvalue weighted by atomic mass is 32.2. The Kier molecular flexibility index (Phi) is 4.80. The van der Waals surface area contributed by atoms with Crippen LogP contribution in [0.3, 0.4) is 0 Å². The molecule has 0 atom stereocenters. The molecule has 0 saturated carbocycles. The van der Waals surface area contributed by atoms with Crippen molar-refractivity contribution in [1.82, 2.24) is 9.97 Å². The van der Waals surface area contributed by atoms with Crippen LogP contribution >= 0.6 is 11.8 Å². The topological polar surface area (TPSA) is 37.8 Å². The van der Waals surface area contributed by atoms with Gasteiger partial charge < -0.3 is 5.32 Å². The van der Waals surface area contributed by atoms with E-state index in [2.05, 4.69) is 60.3 Å². The summed E-state index contributed by atoms with van der Waals surface area (Å²) in [6, 6.07) is 10.5. The summed E-state index contributed by atoms with van der Waals surface area (Å²) in [5.41, 5.74) is 1.27. The molecule has 1 heterocycles. The quantitative estimate of drug-likeness (QED) is 0.838. The molecular weight excluding hydrogens is 254 g/mol. The Labute approximate surface area is 118 Å². The average molecular weight is 273 g/mol. The minimum absolute atomic E-state index is 0.848. The molecule has 0 saturated heterocycles. The van der Waals surface area contributed by atoms with E-state index in [0.717, 1.165) is 29.6 Å². The van der Waals surface area contributed by atoms with Gasteiger partial charge >= 0.3 is 0 Å². The molecule has 0 unspecified atom stereocenters. The van der Waals surface area contributed by atoms with Crippen LogP contribution in [0.2, 0.25) is 0 Å². The van der Waals surface area contributed by atoms with E-state index in [9.17, 15) is 0 Å². The average Bonchev–Trinajstić information content (AvgIpc) is 2.39. The van der Waals surface area contributed by atoms with E-state index < -0.39 is 0 Å². The Hall–Kier alpha value is -1.55. The number of aromatic nitrogens is 2. The van der Waals surface area contributed by atoms with Gasteiger partial charge in [-0.15, -0.1) is 0 Å². The fourth-order valence-electron chi connectivity index (χ4n) is 1.75. The van der Waals surface area contributed by atoms with Gasteiger partial charge in [0.1, 0.15) is 16.7 Å². The first-order valence-electron chi connectivity index (χ1n) is 6.57. The monoisotopic (exact) mass is 273 g/mol. The van der Waals surface area contributed by atoms with Crippen LogP contribution in [0.5, 0.6) is 0 Å². The van der Waals surface area contributed by atoms with Crippen molar-refractivity contribution in [3.8, 4) is 0 Å². The molecule has 0 fully saturated rings. The van der Waals surface area contributed by atoms with Crippen molar-refractivity contribution < 1.29 is 0 Å². The van der Waals surface area contributed by atoms with E-state index >= 15 is 0 Å². The van der Waals surface area contributed by atoms with Gasteiger partial charge in [-0.2, -0.15) is 0 Å². The van der Waals surface area contributed by atoms with E-state index in [-0.39, 0.29) is 0 Å². The van der Waals surface area contributed by atoms with Crippen molar-refractivity contribution in [2.45, 2.75) is 37.1 Å². The summed E-state index contributed by atoms with van der Waals surface area (Å²) < 4.78 is 0. The van der Waals surface area contributed by atoms with Gasteiger partial charge in [-0.3, -0.25) is 0 Å². The minimum Gasteiger partial charge on any atom is -0.370 e. The zero-order chi connectivity index (χ0) is 13.7. The number of hydrogen-bond acceptors (Lipinski definition) is 4. The largest absolute Gasteiger partial charge is 0.370 e. The van der Waals surface area contributed by atoms with Crippen LogP contribution in [0.1, 0.15) is 25.2 Å². The molecule has 2 aromatic rings. The van der Waals surface area contributed by atoms with Crippen LogP contribution in [0.15, 0.2) is 40.3 Å². The number of anilines is 1. The molecule has 1 aromatic heterocycles. The van der Waals surface area contributed by atoms with Gasteiger partial charge in [0.15, 0.2) is 0 Å². The van der Waals surface area contributed by atoms with E-state index in [4.69, 9.17) is 0 Å². The summed E-state index contributed by atoms with van der Waals surface area (Å²) in [6.45, 7) is 7.12. The summed E-state index contributed by atoms with van der Waals surface area (Å²) in [5, 5.41) is 4.25. The lowest BCUT2D eigenvalue weighted by Gasteiger charge is -2.08. The van der Waals surface area contributed by atoms with Crippen LogP contribution in [-0.2, 0) is 6.42 Å². The predicted molar refractivity (Wildman–Crippen MR) is 80.9 cm³/mol. The maximum absolute atomic E-state index is 4.57. The molecular formula is C15H19N3S. The molecule has 4 heteroatoms. The molecule has 0 radical (unpaired) electrons.